The summed E-state index contributed by atoms with van der Waals surface area (Å²) in [5.41, 5.74) is 0.993. The number of hydrogen-bond acceptors (Lipinski definition) is 14. The minimum absolute atomic E-state index is 0.0305. The van der Waals surface area contributed by atoms with Crippen molar-refractivity contribution >= 4 is 20.3 Å². The lowest BCUT2D eigenvalue weighted by Crippen LogP contribution is -2.41. The molecular weight excluding hydrogens is 576 g/mol. The van der Waals surface area contributed by atoms with Gasteiger partial charge in [-0.25, -0.2) is 29.5 Å². The molecule has 0 saturated heterocycles. The van der Waals surface area contributed by atoms with Gasteiger partial charge in [-0.2, -0.15) is 9.36 Å². The second kappa shape index (κ2) is 13.7. The molecule has 43 heavy (non-hydrogen) atoms. The zero-order chi connectivity index (χ0) is 31.9. The van der Waals surface area contributed by atoms with Crippen LogP contribution < -0.4 is 0 Å². The summed E-state index contributed by atoms with van der Waals surface area (Å²) in [6.07, 6.45) is 7.75. The van der Waals surface area contributed by atoms with Crippen LogP contribution in [0, 0.1) is 0 Å². The van der Waals surface area contributed by atoms with Crippen LogP contribution in [0.2, 0.25) is 18.1 Å². The van der Waals surface area contributed by atoms with Crippen molar-refractivity contribution in [1.82, 2.24) is 49.5 Å². The number of carbonyl (C=O) groups is 2. The van der Waals surface area contributed by atoms with Gasteiger partial charge in [-0.1, -0.05) is 20.8 Å². The van der Waals surface area contributed by atoms with Gasteiger partial charge in [-0.05, 0) is 32.0 Å². The van der Waals surface area contributed by atoms with E-state index in [1.807, 2.05) is 6.92 Å². The highest BCUT2D eigenvalue weighted by atomic mass is 28.4. The van der Waals surface area contributed by atoms with Crippen LogP contribution in [0.1, 0.15) is 79.5 Å². The minimum atomic E-state index is -1.98. The Balaban J connectivity index is 0.000000248. The van der Waals surface area contributed by atoms with Crippen molar-refractivity contribution in [1.29, 1.82) is 0 Å². The monoisotopic (exact) mass is 612 g/mol. The van der Waals surface area contributed by atoms with Gasteiger partial charge in [0.15, 0.2) is 20.0 Å². The van der Waals surface area contributed by atoms with E-state index in [0.29, 0.717) is 23.0 Å². The molecule has 2 atom stereocenters. The SMILES string of the molecule is COC(=O)c1ncn(-c2nccnc2[C@@H](C)O)n1.COC(=O)c1ncn(-c2nccnc2[C@@H](C)O[Si](C)(C)C(C)(C)C)n1. The number of ether oxygens (including phenoxy) is 2. The minimum Gasteiger partial charge on any atom is -0.463 e. The molecule has 4 rings (SSSR count). The van der Waals surface area contributed by atoms with Crippen LogP contribution in [0.5, 0.6) is 0 Å². The molecule has 0 radical (unpaired) electrons. The molecule has 0 fully saturated rings. The Bertz CT molecular complexity index is 1550. The molecule has 0 amide bonds. The van der Waals surface area contributed by atoms with E-state index < -0.39 is 26.4 Å². The standard InChI is InChI=1S/C16H25N5O3Si.C10H11N5O3/c1-11(24-25(6,7)16(2,3)4)12-14(18-9-8-17-12)21-10-19-13(20-21)15(22)23-5;1-6(16)7-9(12-4-3-11-7)15-5-13-8(14-15)10(17)18-2/h8-11H,1-7H3;3-6,16H,1-2H3/t11-;6-/m11/s1. The molecule has 4 heterocycles. The second-order valence-corrected chi connectivity index (χ2v) is 15.5. The van der Waals surface area contributed by atoms with Crippen LogP contribution in [0.25, 0.3) is 11.6 Å². The van der Waals surface area contributed by atoms with Gasteiger partial charge in [-0.15, -0.1) is 10.2 Å². The third-order valence-corrected chi connectivity index (χ3v) is 11.2. The fourth-order valence-electron chi connectivity index (χ4n) is 3.39. The van der Waals surface area contributed by atoms with Gasteiger partial charge >= 0.3 is 11.9 Å². The van der Waals surface area contributed by atoms with E-state index in [4.69, 9.17) is 4.43 Å². The highest BCUT2D eigenvalue weighted by Gasteiger charge is 2.39. The van der Waals surface area contributed by atoms with Gasteiger partial charge in [0, 0.05) is 24.8 Å². The fraction of sp³-hybridized carbons (Fsp3) is 0.462. The van der Waals surface area contributed by atoms with Crippen molar-refractivity contribution in [3.8, 4) is 11.6 Å². The lowest BCUT2D eigenvalue weighted by molar-refractivity contribution is 0.0578. The van der Waals surface area contributed by atoms with Gasteiger partial charge in [0.1, 0.15) is 24.0 Å². The third kappa shape index (κ3) is 7.88. The number of aliphatic hydroxyl groups excluding tert-OH is 1. The Kier molecular flexibility index (Phi) is 10.5. The predicted molar refractivity (Wildman–Crippen MR) is 154 cm³/mol. The van der Waals surface area contributed by atoms with Crippen molar-refractivity contribution in [2.45, 2.75) is 65.0 Å². The number of methoxy groups -OCH3 is 2. The van der Waals surface area contributed by atoms with Gasteiger partial charge in [-0.3, -0.25) is 9.97 Å². The summed E-state index contributed by atoms with van der Waals surface area (Å²) >= 11 is 0. The van der Waals surface area contributed by atoms with Crippen LogP contribution in [-0.4, -0.2) is 89.0 Å². The van der Waals surface area contributed by atoms with E-state index >= 15 is 0 Å². The molecule has 0 aliphatic heterocycles. The van der Waals surface area contributed by atoms with E-state index in [1.165, 1.54) is 48.6 Å². The molecule has 0 spiro atoms. The first-order valence-corrected chi connectivity index (χ1v) is 16.1. The van der Waals surface area contributed by atoms with E-state index in [0.717, 1.165) is 0 Å². The van der Waals surface area contributed by atoms with E-state index in [2.05, 4.69) is 83.4 Å². The van der Waals surface area contributed by atoms with Gasteiger partial charge < -0.3 is 19.0 Å². The van der Waals surface area contributed by atoms with Crippen molar-refractivity contribution in [2.24, 2.45) is 0 Å². The van der Waals surface area contributed by atoms with Crippen LogP contribution in [0.3, 0.4) is 0 Å². The molecule has 0 saturated carbocycles. The molecule has 4 aromatic rings. The predicted octanol–water partition coefficient (Wildman–Crippen LogP) is 2.82. The molecule has 0 unspecified atom stereocenters. The average molecular weight is 613 g/mol. The first-order chi connectivity index (χ1) is 20.2. The highest BCUT2D eigenvalue weighted by molar-refractivity contribution is 6.74. The fourth-order valence-corrected chi connectivity index (χ4v) is 4.74. The van der Waals surface area contributed by atoms with Crippen molar-refractivity contribution in [3.05, 3.63) is 60.5 Å². The summed E-state index contributed by atoms with van der Waals surface area (Å²) in [6, 6.07) is 0. The summed E-state index contributed by atoms with van der Waals surface area (Å²) in [6.45, 7) is 14.4. The molecule has 0 aromatic carbocycles. The number of esters is 2. The van der Waals surface area contributed by atoms with Gasteiger partial charge in [0.2, 0.25) is 0 Å². The molecule has 230 valence electrons. The molecule has 17 heteroatoms. The lowest BCUT2D eigenvalue weighted by Gasteiger charge is -2.38. The summed E-state index contributed by atoms with van der Waals surface area (Å²) < 4.78 is 18.2. The van der Waals surface area contributed by atoms with E-state index in [1.54, 1.807) is 19.3 Å². The molecule has 0 aliphatic carbocycles. The summed E-state index contributed by atoms with van der Waals surface area (Å²) in [4.78, 5) is 47.4. The Morgan fingerprint density at radius 3 is 1.60 bits per heavy atom. The molecule has 4 aromatic heterocycles. The Morgan fingerprint density at radius 2 is 1.19 bits per heavy atom. The Hall–Kier alpha value is -4.48. The maximum absolute atomic E-state index is 11.6. The third-order valence-electron chi connectivity index (χ3n) is 6.62. The number of rotatable bonds is 8. The summed E-state index contributed by atoms with van der Waals surface area (Å²) in [5, 5.41) is 17.7. The number of carbonyl (C=O) groups excluding carboxylic acids is 2. The lowest BCUT2D eigenvalue weighted by atomic mass is 10.2. The largest absolute Gasteiger partial charge is 0.463 e. The van der Waals surface area contributed by atoms with E-state index in [9.17, 15) is 14.7 Å². The number of hydrogen-bond donors (Lipinski definition) is 1. The molecule has 16 nitrogen and oxygen atoms in total. The van der Waals surface area contributed by atoms with Crippen molar-refractivity contribution in [2.75, 3.05) is 14.2 Å². The summed E-state index contributed by atoms with van der Waals surface area (Å²) in [7, 11) is 0.546. The molecular formula is C26H36N10O6Si. The van der Waals surface area contributed by atoms with Crippen molar-refractivity contribution < 1.29 is 28.6 Å². The number of aliphatic hydroxyl groups is 1. The molecule has 0 aliphatic rings. The van der Waals surface area contributed by atoms with Gasteiger partial charge in [0.05, 0.1) is 26.4 Å². The van der Waals surface area contributed by atoms with Crippen molar-refractivity contribution in [3.63, 3.8) is 0 Å². The maximum Gasteiger partial charge on any atom is 0.377 e. The smallest absolute Gasteiger partial charge is 0.377 e. The summed E-state index contributed by atoms with van der Waals surface area (Å²) in [5.74, 6) is -0.561. The Morgan fingerprint density at radius 1 is 0.767 bits per heavy atom. The van der Waals surface area contributed by atoms with E-state index in [-0.39, 0.29) is 22.8 Å². The van der Waals surface area contributed by atoms with Crippen LogP contribution in [-0.2, 0) is 13.9 Å². The average Bonchev–Trinajstić information content (AvgIpc) is 3.67. The zero-order valence-corrected chi connectivity index (χ0v) is 26.6. The van der Waals surface area contributed by atoms with Crippen LogP contribution >= 0.6 is 0 Å². The van der Waals surface area contributed by atoms with Gasteiger partial charge in [0.25, 0.3) is 11.6 Å². The molecule has 0 bridgehead atoms. The zero-order valence-electron chi connectivity index (χ0n) is 25.6. The maximum atomic E-state index is 11.6. The Labute approximate surface area is 249 Å². The van der Waals surface area contributed by atoms with Crippen LogP contribution in [0.4, 0.5) is 0 Å². The number of aromatic nitrogens is 10. The first-order valence-electron chi connectivity index (χ1n) is 13.2. The normalized spacial score (nSPS) is 13.0. The second-order valence-electron chi connectivity index (χ2n) is 10.7. The first kappa shape index (κ1) is 33.0. The molecule has 1 N–H and O–H groups in total. The number of nitrogens with zero attached hydrogens (tertiary/aromatic N) is 10. The topological polar surface area (TPSA) is 195 Å². The van der Waals surface area contributed by atoms with Crippen LogP contribution in [0.15, 0.2) is 37.4 Å². The highest BCUT2D eigenvalue weighted by Crippen LogP contribution is 2.39. The quantitative estimate of drug-likeness (QED) is 0.225.